The van der Waals surface area contributed by atoms with Crippen LogP contribution in [0.4, 0.5) is 0 Å². The molecule has 0 bridgehead atoms. The summed E-state index contributed by atoms with van der Waals surface area (Å²) >= 11 is 0. The van der Waals surface area contributed by atoms with E-state index in [1.54, 1.807) is 38.5 Å². The van der Waals surface area contributed by atoms with Crippen molar-refractivity contribution in [3.8, 4) is 0 Å². The van der Waals surface area contributed by atoms with Crippen LogP contribution in [0.25, 0.3) is 0 Å². The average Bonchev–Trinajstić information content (AvgIpc) is 3.03. The largest absolute Gasteiger partial charge is 0.459 e. The molecule has 1 saturated heterocycles. The fourth-order valence-corrected chi connectivity index (χ4v) is 3.89. The van der Waals surface area contributed by atoms with E-state index in [-0.39, 0.29) is 36.4 Å². The molecule has 1 aliphatic rings. The van der Waals surface area contributed by atoms with Crippen LogP contribution in [-0.4, -0.2) is 59.7 Å². The number of benzene rings is 1. The van der Waals surface area contributed by atoms with Crippen molar-refractivity contribution in [2.75, 3.05) is 27.4 Å². The van der Waals surface area contributed by atoms with Crippen LogP contribution in [0.1, 0.15) is 37.6 Å². The topological polar surface area (TPSA) is 63.2 Å². The van der Waals surface area contributed by atoms with Crippen LogP contribution < -0.4 is 0 Å². The molecule has 0 aromatic heterocycles. The Morgan fingerprint density at radius 1 is 1.21 bits per heavy atom. The van der Waals surface area contributed by atoms with Crippen LogP contribution in [-0.2, 0) is 23.4 Å². The third kappa shape index (κ3) is 5.21. The molecule has 0 N–H and O–H groups in total. The highest BCUT2D eigenvalue weighted by Crippen LogP contribution is 2.40. The van der Waals surface area contributed by atoms with Crippen molar-refractivity contribution >= 4 is 14.3 Å². The Kier molecular flexibility index (Phi) is 7.44. The van der Waals surface area contributed by atoms with Gasteiger partial charge < -0.3 is 23.4 Å². The Balaban J connectivity index is 2.00. The fraction of sp³-hybridized carbons (Fsp3) is 0.667. The molecule has 1 heterocycles. The minimum Gasteiger partial charge on any atom is -0.459 e. The molecule has 3 atom stereocenters. The minimum atomic E-state index is -1.98. The second-order valence-corrected chi connectivity index (χ2v) is 13.5. The van der Waals surface area contributed by atoms with Crippen LogP contribution in [0.5, 0.6) is 0 Å². The summed E-state index contributed by atoms with van der Waals surface area (Å²) < 4.78 is 29.3. The lowest BCUT2D eigenvalue weighted by Crippen LogP contribution is -2.52. The third-order valence-corrected chi connectivity index (χ3v) is 10.3. The molecule has 0 amide bonds. The number of esters is 1. The van der Waals surface area contributed by atoms with E-state index in [1.165, 1.54) is 0 Å². The Bertz CT molecular complexity index is 642. The van der Waals surface area contributed by atoms with Gasteiger partial charge in [-0.15, -0.1) is 0 Å². The van der Waals surface area contributed by atoms with Crippen molar-refractivity contribution in [3.63, 3.8) is 0 Å². The van der Waals surface area contributed by atoms with Crippen LogP contribution >= 0.6 is 0 Å². The Morgan fingerprint density at radius 2 is 1.86 bits per heavy atom. The van der Waals surface area contributed by atoms with Crippen molar-refractivity contribution in [2.24, 2.45) is 0 Å². The monoisotopic (exact) mass is 410 g/mol. The molecule has 1 aliphatic heterocycles. The molecular weight excluding hydrogens is 376 g/mol. The molecule has 6 nitrogen and oxygen atoms in total. The molecule has 2 rings (SSSR count). The number of hydrogen-bond acceptors (Lipinski definition) is 6. The highest BCUT2D eigenvalue weighted by molar-refractivity contribution is 6.74. The smallest absolute Gasteiger partial charge is 0.338 e. The molecule has 1 aromatic rings. The lowest BCUT2D eigenvalue weighted by atomic mass is 10.1. The summed E-state index contributed by atoms with van der Waals surface area (Å²) in [6, 6.07) is 8.91. The maximum absolute atomic E-state index is 12.2. The van der Waals surface area contributed by atoms with Crippen molar-refractivity contribution in [2.45, 2.75) is 63.3 Å². The maximum atomic E-state index is 12.2. The maximum Gasteiger partial charge on any atom is 0.338 e. The van der Waals surface area contributed by atoms with Crippen LogP contribution in [0.3, 0.4) is 0 Å². The zero-order chi connectivity index (χ0) is 21.0. The first-order valence-corrected chi connectivity index (χ1v) is 12.6. The Morgan fingerprint density at radius 3 is 2.39 bits per heavy atom. The number of hydrogen-bond donors (Lipinski definition) is 0. The Labute approximate surface area is 169 Å². The van der Waals surface area contributed by atoms with Gasteiger partial charge in [0.2, 0.25) is 5.79 Å². The number of rotatable bonds is 8. The zero-order valence-corrected chi connectivity index (χ0v) is 19.1. The van der Waals surface area contributed by atoms with Crippen molar-refractivity contribution in [1.29, 1.82) is 0 Å². The summed E-state index contributed by atoms with van der Waals surface area (Å²) in [5.74, 6) is -1.38. The average molecular weight is 411 g/mol. The van der Waals surface area contributed by atoms with Crippen molar-refractivity contribution < 1.29 is 28.2 Å². The van der Waals surface area contributed by atoms with Gasteiger partial charge in [0.15, 0.2) is 8.32 Å². The minimum absolute atomic E-state index is 0.0771. The highest BCUT2D eigenvalue weighted by Gasteiger charge is 2.52. The fourth-order valence-electron chi connectivity index (χ4n) is 2.89. The normalized spacial score (nSPS) is 25.7. The van der Waals surface area contributed by atoms with Gasteiger partial charge in [0, 0.05) is 20.6 Å². The van der Waals surface area contributed by atoms with Gasteiger partial charge >= 0.3 is 5.97 Å². The quantitative estimate of drug-likeness (QED) is 0.477. The molecule has 158 valence electrons. The third-order valence-electron chi connectivity index (χ3n) is 5.81. The van der Waals surface area contributed by atoms with E-state index in [0.29, 0.717) is 12.0 Å². The number of methoxy groups -OCH3 is 2. The molecule has 28 heavy (non-hydrogen) atoms. The first-order chi connectivity index (χ1) is 13.0. The molecular formula is C21H34O6Si. The summed E-state index contributed by atoms with van der Waals surface area (Å²) in [7, 11) is 1.25. The van der Waals surface area contributed by atoms with Crippen LogP contribution in [0, 0.1) is 0 Å². The van der Waals surface area contributed by atoms with Gasteiger partial charge in [-0.2, -0.15) is 0 Å². The molecule has 0 unspecified atom stereocenters. The van der Waals surface area contributed by atoms with Crippen LogP contribution in [0.15, 0.2) is 30.3 Å². The molecule has 0 radical (unpaired) electrons. The summed E-state index contributed by atoms with van der Waals surface area (Å²) in [5.41, 5.74) is 0.517. The van der Waals surface area contributed by atoms with Crippen LogP contribution in [0.2, 0.25) is 18.1 Å². The van der Waals surface area contributed by atoms with Crippen molar-refractivity contribution in [1.82, 2.24) is 0 Å². The van der Waals surface area contributed by atoms with Gasteiger partial charge in [0.25, 0.3) is 0 Å². The van der Waals surface area contributed by atoms with Gasteiger partial charge in [-0.3, -0.25) is 0 Å². The number of ether oxygens (including phenoxy) is 4. The van der Waals surface area contributed by atoms with Gasteiger partial charge in [0.1, 0.15) is 12.7 Å². The molecule has 7 heteroatoms. The summed E-state index contributed by atoms with van der Waals surface area (Å²) in [6.07, 6.45) is -0.0592. The molecule has 1 aromatic carbocycles. The van der Waals surface area contributed by atoms with E-state index in [0.717, 1.165) is 0 Å². The molecule has 0 saturated carbocycles. The first kappa shape index (κ1) is 23.0. The lowest BCUT2D eigenvalue weighted by molar-refractivity contribution is -0.264. The summed E-state index contributed by atoms with van der Waals surface area (Å²) in [5, 5.41) is 0.0771. The summed E-state index contributed by atoms with van der Waals surface area (Å²) in [4.78, 5) is 12.2. The van der Waals surface area contributed by atoms with E-state index in [1.807, 2.05) is 6.07 Å². The van der Waals surface area contributed by atoms with Gasteiger partial charge in [-0.05, 0) is 30.3 Å². The van der Waals surface area contributed by atoms with Gasteiger partial charge in [-0.25, -0.2) is 4.79 Å². The van der Waals surface area contributed by atoms with Gasteiger partial charge in [0.05, 0.1) is 18.3 Å². The number of carbonyl (C=O) groups is 1. The molecule has 1 fully saturated rings. The second kappa shape index (κ2) is 9.05. The predicted molar refractivity (Wildman–Crippen MR) is 110 cm³/mol. The number of carbonyl (C=O) groups excluding carboxylic acids is 1. The van der Waals surface area contributed by atoms with E-state index in [4.69, 9.17) is 23.4 Å². The van der Waals surface area contributed by atoms with E-state index in [2.05, 4.69) is 33.9 Å². The first-order valence-electron chi connectivity index (χ1n) is 9.66. The molecule has 0 aliphatic carbocycles. The van der Waals surface area contributed by atoms with E-state index in [9.17, 15) is 4.79 Å². The predicted octanol–water partition coefficient (Wildman–Crippen LogP) is 4.01. The summed E-state index contributed by atoms with van der Waals surface area (Å²) in [6.45, 7) is 11.4. The van der Waals surface area contributed by atoms with Crippen molar-refractivity contribution in [3.05, 3.63) is 35.9 Å². The standard InChI is InChI=1S/C21H34O6Si/c1-20(2,3)28(6,7)26-15-21(24-5)18(23-4)13-17(27-21)14-25-19(22)16-11-9-8-10-12-16/h8-12,17-18H,13-15H2,1-7H3/t17-,18-,21-/m0/s1. The lowest BCUT2D eigenvalue weighted by Gasteiger charge is -2.40. The van der Waals surface area contributed by atoms with E-state index >= 15 is 0 Å². The second-order valence-electron chi connectivity index (χ2n) is 8.73. The highest BCUT2D eigenvalue weighted by atomic mass is 28.4. The zero-order valence-electron chi connectivity index (χ0n) is 18.1. The SMILES string of the molecule is CO[C@H]1C[C@@H](COC(=O)c2ccccc2)O[C@]1(CO[Si](C)(C)C(C)(C)C)OC. The Hall–Kier alpha value is -1.25. The van der Waals surface area contributed by atoms with E-state index < -0.39 is 14.1 Å². The molecule has 0 spiro atoms. The van der Waals surface area contributed by atoms with Gasteiger partial charge in [-0.1, -0.05) is 39.0 Å².